The normalized spacial score (nSPS) is 12.5. The van der Waals surface area contributed by atoms with Crippen molar-refractivity contribution in [2.75, 3.05) is 70.6 Å². The van der Waals surface area contributed by atoms with Crippen molar-refractivity contribution in [2.24, 2.45) is 0 Å². The molecular weight excluding hydrogens is 1180 g/mol. The fraction of sp³-hybridized carbons (Fsp3) is 0.625. The number of allylic oxidation sites excluding steroid dienone is 4. The summed E-state index contributed by atoms with van der Waals surface area (Å²) in [5, 5.41) is 7.25. The number of nitrogens with zero attached hydrogens (tertiary/aromatic N) is 2. The smallest absolute Gasteiger partial charge is 0.472 e. The van der Waals surface area contributed by atoms with Crippen molar-refractivity contribution >= 4 is 48.4 Å². The number of rotatable bonds is 50. The Balaban J connectivity index is 0.0000212. The number of phosphoric acid groups is 1. The molecule has 504 valence electrons. The highest BCUT2D eigenvalue weighted by atomic mass is 35.5. The van der Waals surface area contributed by atoms with Crippen LogP contribution in [-0.2, 0) is 37.4 Å². The minimum absolute atomic E-state index is 0. The molecule has 0 saturated carbocycles. The molecule has 2 aromatic rings. The number of carbonyl (C=O) groups is 4. The number of halogens is 1. The first-order chi connectivity index (χ1) is 43.4. The van der Waals surface area contributed by atoms with E-state index in [-0.39, 0.29) is 57.5 Å². The number of amides is 2. The average Bonchev–Trinajstić information content (AvgIpc) is 0.835. The van der Waals surface area contributed by atoms with Gasteiger partial charge in [0.25, 0.3) is 5.91 Å². The molecule has 1 unspecified atom stereocenters. The van der Waals surface area contributed by atoms with Gasteiger partial charge in [-0.2, -0.15) is 0 Å². The van der Waals surface area contributed by atoms with Gasteiger partial charge in [0, 0.05) is 72.4 Å². The molecule has 18 heteroatoms. The molecule has 4 rings (SSSR count). The highest BCUT2D eigenvalue weighted by molar-refractivity contribution is 7.47. The zero-order valence-corrected chi connectivity index (χ0v) is 57.3. The van der Waals surface area contributed by atoms with E-state index in [1.807, 2.05) is 18.2 Å². The van der Waals surface area contributed by atoms with Gasteiger partial charge >= 0.3 is 25.9 Å². The molecule has 2 aliphatic rings. The van der Waals surface area contributed by atoms with Crippen LogP contribution in [0.5, 0.6) is 0 Å². The molecule has 1 aliphatic carbocycles. The Bertz CT molecular complexity index is 2790. The number of phosphoric ester groups is 1. The van der Waals surface area contributed by atoms with Crippen LogP contribution in [-0.4, -0.2) is 101 Å². The standard InChI is InChI=1S/C72H111N4O12P.ClH/c1-7-13-15-17-19-21-23-25-27-29-31-33-35-37-39-45-68(77)84-57-61(87-69(78)46-40-38-36-34-32-30-28-26-24-22-20-18-16-14-8-2)58-86-89(81,82)85-54-52-74-72(80)83-53-51-73-71(79)63-44-42-41-43-62(63)70-64-49-47-59(75(9-3)10-4)55-66(64)88-67-56-60(48-50-65(67)70)76(11-5)12-6;/h25-28,41-44,47-50,55-56,61H,7-24,29-40,45-46,51-54,57-58H2,1-6H3,(H2-,73,74,79,80,81,82);1H/b27-25-,28-26-;/t61-;/m1./s1. The Morgan fingerprint density at radius 3 is 1.71 bits per heavy atom. The number of carbonyl (C=O) groups excluding carboxylic acids is 4. The van der Waals surface area contributed by atoms with Gasteiger partial charge in [0.1, 0.15) is 37.6 Å². The van der Waals surface area contributed by atoms with Crippen LogP contribution in [0.3, 0.4) is 0 Å². The molecule has 16 nitrogen and oxygen atoms in total. The van der Waals surface area contributed by atoms with Gasteiger partial charge in [0.05, 0.1) is 25.8 Å². The van der Waals surface area contributed by atoms with Gasteiger partial charge in [-0.25, -0.2) is 13.9 Å². The average molecular weight is 1290 g/mol. The van der Waals surface area contributed by atoms with Crippen molar-refractivity contribution < 1.29 is 68.7 Å². The zero-order valence-electron chi connectivity index (χ0n) is 55.7. The molecule has 90 heavy (non-hydrogen) atoms. The summed E-state index contributed by atoms with van der Waals surface area (Å²) in [7, 11) is -4.73. The van der Waals surface area contributed by atoms with Gasteiger partial charge in [-0.15, -0.1) is 0 Å². The van der Waals surface area contributed by atoms with Crippen molar-refractivity contribution in [1.29, 1.82) is 0 Å². The third kappa shape index (κ3) is 31.7. The summed E-state index contributed by atoms with van der Waals surface area (Å²) in [6, 6.07) is 19.8. The number of nitrogens with one attached hydrogen (secondary N) is 2. The second-order valence-corrected chi connectivity index (χ2v) is 24.6. The van der Waals surface area contributed by atoms with E-state index in [9.17, 15) is 28.6 Å². The molecule has 0 spiro atoms. The molecule has 2 aromatic carbocycles. The molecule has 0 saturated heterocycles. The third-order valence-electron chi connectivity index (χ3n) is 16.1. The van der Waals surface area contributed by atoms with E-state index in [4.69, 9.17) is 27.7 Å². The van der Waals surface area contributed by atoms with Crippen LogP contribution in [0.1, 0.15) is 232 Å². The molecule has 2 amide bonds. The van der Waals surface area contributed by atoms with Crippen LogP contribution >= 0.6 is 7.82 Å². The minimum Gasteiger partial charge on any atom is -1.00 e. The van der Waals surface area contributed by atoms with Crippen LogP contribution in [0.2, 0.25) is 0 Å². The molecule has 0 bridgehead atoms. The van der Waals surface area contributed by atoms with Gasteiger partial charge in [-0.05, 0) is 122 Å². The Kier molecular flexibility index (Phi) is 42.2. The van der Waals surface area contributed by atoms with E-state index in [1.165, 1.54) is 77.0 Å². The van der Waals surface area contributed by atoms with Crippen LogP contribution < -0.4 is 37.9 Å². The number of benzene rings is 3. The van der Waals surface area contributed by atoms with Crippen LogP contribution in [0, 0.1) is 0 Å². The van der Waals surface area contributed by atoms with E-state index >= 15 is 0 Å². The van der Waals surface area contributed by atoms with Crippen LogP contribution in [0.4, 0.5) is 10.5 Å². The summed E-state index contributed by atoms with van der Waals surface area (Å²) in [5.41, 5.74) is 4.61. The number of esters is 2. The number of unbranched alkanes of at least 4 members (excludes halogenated alkanes) is 22. The highest BCUT2D eigenvalue weighted by Crippen LogP contribution is 2.44. The first-order valence-corrected chi connectivity index (χ1v) is 35.8. The largest absolute Gasteiger partial charge is 1.00 e. The number of anilines is 1. The van der Waals surface area contributed by atoms with E-state index in [0.29, 0.717) is 35.3 Å². The maximum Gasteiger partial charge on any atom is 0.472 e. The van der Waals surface area contributed by atoms with Crippen molar-refractivity contribution in [3.63, 3.8) is 0 Å². The Morgan fingerprint density at radius 2 is 1.13 bits per heavy atom. The fourth-order valence-electron chi connectivity index (χ4n) is 10.9. The Labute approximate surface area is 546 Å². The van der Waals surface area contributed by atoms with Crippen LogP contribution in [0.15, 0.2) is 89.4 Å². The van der Waals surface area contributed by atoms with Crippen molar-refractivity contribution in [1.82, 2.24) is 15.2 Å². The molecule has 1 aliphatic heterocycles. The van der Waals surface area contributed by atoms with Gasteiger partial charge in [0.15, 0.2) is 6.10 Å². The topological polar surface area (TPSA) is 195 Å². The van der Waals surface area contributed by atoms with Crippen molar-refractivity contribution in [2.45, 2.75) is 227 Å². The predicted molar refractivity (Wildman–Crippen MR) is 361 cm³/mol. The van der Waals surface area contributed by atoms with Crippen molar-refractivity contribution in [3.05, 3.63) is 95.9 Å². The zero-order chi connectivity index (χ0) is 64.2. The van der Waals surface area contributed by atoms with Gasteiger partial charge in [0.2, 0.25) is 5.36 Å². The Hall–Kier alpha value is -5.51. The summed E-state index contributed by atoms with van der Waals surface area (Å²) in [6.45, 7) is 14.6. The first kappa shape index (κ1) is 78.7. The molecule has 0 radical (unpaired) electrons. The molecule has 3 N–H and O–H groups in total. The van der Waals surface area contributed by atoms with Gasteiger partial charge < -0.3 is 51.5 Å². The maximum atomic E-state index is 14.0. The Morgan fingerprint density at radius 1 is 0.589 bits per heavy atom. The summed E-state index contributed by atoms with van der Waals surface area (Å²) in [5.74, 6) is -0.638. The number of ether oxygens (including phenoxy) is 3. The predicted octanol–water partition coefficient (Wildman–Crippen LogP) is 14.0. The monoisotopic (exact) mass is 1290 g/mol. The second-order valence-electron chi connectivity index (χ2n) is 23.1. The molecular formula is C72H112ClN4O12P. The molecule has 0 fully saturated rings. The molecule has 0 aromatic heterocycles. The molecule has 2 atom stereocenters. The number of alkyl carbamates (subject to hydrolysis) is 1. The van der Waals surface area contributed by atoms with Crippen molar-refractivity contribution in [3.8, 4) is 22.5 Å². The maximum absolute atomic E-state index is 14.0. The fourth-order valence-corrected chi connectivity index (χ4v) is 11.7. The number of fused-ring (bicyclic) bond motifs is 2. The van der Waals surface area contributed by atoms with Crippen LogP contribution in [0.25, 0.3) is 33.4 Å². The van der Waals surface area contributed by atoms with E-state index in [0.717, 1.165) is 131 Å². The first-order valence-electron chi connectivity index (χ1n) is 34.3. The molecule has 1 heterocycles. The second kappa shape index (κ2) is 48.3. The van der Waals surface area contributed by atoms with E-state index < -0.39 is 45.2 Å². The lowest BCUT2D eigenvalue weighted by molar-refractivity contribution is -0.161. The highest BCUT2D eigenvalue weighted by Gasteiger charge is 2.27. The lowest BCUT2D eigenvalue weighted by Gasteiger charge is -2.22. The van der Waals surface area contributed by atoms with E-state index in [2.05, 4.69) is 122 Å². The summed E-state index contributed by atoms with van der Waals surface area (Å²) < 4.78 is 48.7. The summed E-state index contributed by atoms with van der Waals surface area (Å²) >= 11 is 0. The van der Waals surface area contributed by atoms with E-state index in [1.54, 1.807) is 6.07 Å². The minimum atomic E-state index is -4.73. The quantitative estimate of drug-likeness (QED) is 0.00719. The summed E-state index contributed by atoms with van der Waals surface area (Å²) in [6.07, 6.45) is 37.0. The summed E-state index contributed by atoms with van der Waals surface area (Å²) in [4.78, 5) is 65.3. The number of hydrogen-bond acceptors (Lipinski definition) is 12. The number of hydrogen-bond donors (Lipinski definition) is 3. The van der Waals surface area contributed by atoms with Gasteiger partial charge in [-0.1, -0.05) is 159 Å². The van der Waals surface area contributed by atoms with Gasteiger partial charge in [-0.3, -0.25) is 23.4 Å². The third-order valence-corrected chi connectivity index (χ3v) is 17.1. The lowest BCUT2D eigenvalue weighted by Crippen LogP contribution is -3.00. The SMILES string of the molecule is CCCCCCCC/C=C\CCCCCCCC(=O)OC[C@H](COP(=O)(O)OCCNC(=O)OCCNC(=O)c1ccccc1-c1c2ccc(=[N+](CC)CC)cc-2oc2cc(N(CC)CC)ccc12)OC(=O)CCCCCCC/C=C\CCCCCCCC.[Cl-]. The lowest BCUT2D eigenvalue weighted by atomic mass is 9.90.